The Morgan fingerprint density at radius 3 is 2.48 bits per heavy atom. The Labute approximate surface area is 138 Å². The van der Waals surface area contributed by atoms with E-state index < -0.39 is 0 Å². The van der Waals surface area contributed by atoms with Gasteiger partial charge in [-0.3, -0.25) is 9.59 Å². The minimum Gasteiger partial charge on any atom is -0.353 e. The van der Waals surface area contributed by atoms with E-state index in [4.69, 9.17) is 0 Å². The molecular weight excluding hydrogens is 286 g/mol. The highest BCUT2D eigenvalue weighted by Gasteiger charge is 2.42. The smallest absolute Gasteiger partial charge is 0.220 e. The van der Waals surface area contributed by atoms with E-state index in [9.17, 15) is 9.59 Å². The van der Waals surface area contributed by atoms with Crippen LogP contribution >= 0.6 is 0 Å². The molecule has 0 saturated heterocycles. The maximum absolute atomic E-state index is 12.1. The van der Waals surface area contributed by atoms with Gasteiger partial charge < -0.3 is 5.32 Å². The third kappa shape index (κ3) is 3.82. The summed E-state index contributed by atoms with van der Waals surface area (Å²) in [5.41, 5.74) is 1.84. The van der Waals surface area contributed by atoms with Crippen molar-refractivity contribution in [2.24, 2.45) is 17.8 Å². The van der Waals surface area contributed by atoms with Crippen LogP contribution in [-0.4, -0.2) is 17.7 Å². The number of hydrogen-bond acceptors (Lipinski definition) is 2. The predicted molar refractivity (Wildman–Crippen MR) is 91.3 cm³/mol. The minimum absolute atomic E-state index is 0.0146. The van der Waals surface area contributed by atoms with Crippen LogP contribution in [0.3, 0.4) is 0 Å². The molecule has 0 radical (unpaired) electrons. The highest BCUT2D eigenvalue weighted by atomic mass is 16.2. The molecule has 2 fully saturated rings. The number of benzene rings is 1. The number of nitrogens with one attached hydrogen (secondary N) is 1. The second kappa shape index (κ2) is 6.86. The summed E-state index contributed by atoms with van der Waals surface area (Å²) in [5.74, 6) is 2.41. The summed E-state index contributed by atoms with van der Waals surface area (Å²) in [6, 6.07) is 7.79. The molecule has 124 valence electrons. The molecule has 2 bridgehead atoms. The van der Waals surface area contributed by atoms with Crippen molar-refractivity contribution in [3.8, 4) is 0 Å². The molecule has 1 aromatic rings. The van der Waals surface area contributed by atoms with Gasteiger partial charge in [0.15, 0.2) is 5.78 Å². The molecule has 0 unspecified atom stereocenters. The van der Waals surface area contributed by atoms with E-state index in [1.807, 2.05) is 31.2 Å². The molecule has 1 N–H and O–H groups in total. The number of fused-ring (bicyclic) bond motifs is 2. The van der Waals surface area contributed by atoms with Crippen LogP contribution in [0.15, 0.2) is 24.3 Å². The van der Waals surface area contributed by atoms with E-state index in [1.54, 1.807) is 0 Å². The van der Waals surface area contributed by atoms with Gasteiger partial charge in [-0.25, -0.2) is 0 Å². The standard InChI is InChI=1S/C20H27NO2/c1-13-3-6-16(7-4-13)19(22)9-10-20(23)21-14(2)18-12-15-5-8-17(18)11-15/h3-4,6-7,14-15,17-18H,5,8-12H2,1-2H3,(H,21,23)/t14-,15+,17+,18-/m1/s1. The van der Waals surface area contributed by atoms with Crippen LogP contribution in [0.5, 0.6) is 0 Å². The Morgan fingerprint density at radius 2 is 1.87 bits per heavy atom. The number of amides is 1. The number of ketones is 1. The Bertz CT molecular complexity index is 578. The Kier molecular flexibility index (Phi) is 4.84. The summed E-state index contributed by atoms with van der Waals surface area (Å²) in [5, 5.41) is 3.13. The molecule has 0 aromatic heterocycles. The summed E-state index contributed by atoms with van der Waals surface area (Å²) < 4.78 is 0. The molecule has 3 nitrogen and oxygen atoms in total. The molecule has 0 spiro atoms. The fraction of sp³-hybridized carbons (Fsp3) is 0.600. The average molecular weight is 313 g/mol. The SMILES string of the molecule is Cc1ccc(C(=O)CCC(=O)N[C@H](C)[C@H]2C[C@H]3CC[C@H]2C3)cc1. The maximum atomic E-state index is 12.1. The van der Waals surface area contributed by atoms with E-state index in [0.29, 0.717) is 17.9 Å². The zero-order valence-electron chi connectivity index (χ0n) is 14.2. The second-order valence-corrected chi connectivity index (χ2v) is 7.48. The number of Topliss-reactive ketones (excluding diaryl/α,β-unsaturated/α-hetero) is 1. The molecule has 3 rings (SSSR count). The molecule has 2 aliphatic rings. The predicted octanol–water partition coefficient (Wildman–Crippen LogP) is 3.90. The summed E-state index contributed by atoms with van der Waals surface area (Å²) in [7, 11) is 0. The second-order valence-electron chi connectivity index (χ2n) is 7.48. The van der Waals surface area contributed by atoms with Gasteiger partial charge in [0.25, 0.3) is 0 Å². The first-order chi connectivity index (χ1) is 11.0. The van der Waals surface area contributed by atoms with Crippen molar-refractivity contribution in [2.75, 3.05) is 0 Å². The molecule has 2 aliphatic carbocycles. The lowest BCUT2D eigenvalue weighted by atomic mass is 9.84. The third-order valence-corrected chi connectivity index (χ3v) is 5.78. The van der Waals surface area contributed by atoms with Crippen LogP contribution in [0.4, 0.5) is 0 Å². The van der Waals surface area contributed by atoms with E-state index in [2.05, 4.69) is 12.2 Å². The Hall–Kier alpha value is -1.64. The van der Waals surface area contributed by atoms with Gasteiger partial charge in [0.1, 0.15) is 0 Å². The lowest BCUT2D eigenvalue weighted by Gasteiger charge is -2.28. The van der Waals surface area contributed by atoms with Gasteiger partial charge in [-0.05, 0) is 50.9 Å². The van der Waals surface area contributed by atoms with Gasteiger partial charge in [0, 0.05) is 24.4 Å². The van der Waals surface area contributed by atoms with Crippen molar-refractivity contribution in [2.45, 2.75) is 58.4 Å². The molecule has 3 heteroatoms. The Morgan fingerprint density at radius 1 is 1.13 bits per heavy atom. The fourth-order valence-electron chi connectivity index (χ4n) is 4.45. The van der Waals surface area contributed by atoms with Crippen molar-refractivity contribution in [1.82, 2.24) is 5.32 Å². The number of rotatable bonds is 6. The topological polar surface area (TPSA) is 46.2 Å². The Balaban J connectivity index is 1.44. The first kappa shape index (κ1) is 16.2. The zero-order valence-corrected chi connectivity index (χ0v) is 14.2. The number of carbonyl (C=O) groups is 2. The first-order valence-electron chi connectivity index (χ1n) is 8.92. The van der Waals surface area contributed by atoms with Gasteiger partial charge in [-0.2, -0.15) is 0 Å². The van der Waals surface area contributed by atoms with Crippen LogP contribution in [0.2, 0.25) is 0 Å². The first-order valence-corrected chi connectivity index (χ1v) is 8.92. The number of carbonyl (C=O) groups excluding carboxylic acids is 2. The monoisotopic (exact) mass is 313 g/mol. The van der Waals surface area contributed by atoms with Crippen molar-refractivity contribution >= 4 is 11.7 Å². The van der Waals surface area contributed by atoms with Gasteiger partial charge in [0.2, 0.25) is 5.91 Å². The molecule has 0 heterocycles. The highest BCUT2D eigenvalue weighted by molar-refractivity contribution is 5.97. The van der Waals surface area contributed by atoms with Gasteiger partial charge in [-0.1, -0.05) is 36.2 Å². The van der Waals surface area contributed by atoms with Crippen LogP contribution in [0, 0.1) is 24.7 Å². The summed E-state index contributed by atoms with van der Waals surface area (Å²) in [4.78, 5) is 24.3. The fourth-order valence-corrected chi connectivity index (χ4v) is 4.45. The van der Waals surface area contributed by atoms with Gasteiger partial charge in [-0.15, -0.1) is 0 Å². The molecule has 2 saturated carbocycles. The summed E-state index contributed by atoms with van der Waals surface area (Å²) in [6.07, 6.45) is 5.93. The van der Waals surface area contributed by atoms with E-state index >= 15 is 0 Å². The molecule has 1 amide bonds. The zero-order chi connectivity index (χ0) is 16.4. The maximum Gasteiger partial charge on any atom is 0.220 e. The van der Waals surface area contributed by atoms with Crippen LogP contribution in [-0.2, 0) is 4.79 Å². The lowest BCUT2D eigenvalue weighted by molar-refractivity contribution is -0.122. The third-order valence-electron chi connectivity index (χ3n) is 5.78. The summed E-state index contributed by atoms with van der Waals surface area (Å²) in [6.45, 7) is 4.13. The quantitative estimate of drug-likeness (QED) is 0.810. The van der Waals surface area contributed by atoms with Crippen LogP contribution < -0.4 is 5.32 Å². The van der Waals surface area contributed by atoms with E-state index in [1.165, 1.54) is 25.7 Å². The van der Waals surface area contributed by atoms with E-state index in [0.717, 1.165) is 17.4 Å². The largest absolute Gasteiger partial charge is 0.353 e. The molecular formula is C20H27NO2. The summed E-state index contributed by atoms with van der Waals surface area (Å²) >= 11 is 0. The van der Waals surface area contributed by atoms with Gasteiger partial charge in [0.05, 0.1) is 0 Å². The number of hydrogen-bond donors (Lipinski definition) is 1. The molecule has 4 atom stereocenters. The van der Waals surface area contributed by atoms with Crippen molar-refractivity contribution in [3.05, 3.63) is 35.4 Å². The minimum atomic E-state index is 0.0146. The lowest BCUT2D eigenvalue weighted by Crippen LogP contribution is -2.40. The average Bonchev–Trinajstić information content (AvgIpc) is 3.16. The normalized spacial score (nSPS) is 27.0. The van der Waals surface area contributed by atoms with Gasteiger partial charge >= 0.3 is 0 Å². The van der Waals surface area contributed by atoms with E-state index in [-0.39, 0.29) is 24.2 Å². The molecule has 1 aromatic carbocycles. The molecule has 0 aliphatic heterocycles. The van der Waals surface area contributed by atoms with Crippen LogP contribution in [0.1, 0.15) is 61.4 Å². The number of aryl methyl sites for hydroxylation is 1. The van der Waals surface area contributed by atoms with Crippen molar-refractivity contribution in [3.63, 3.8) is 0 Å². The van der Waals surface area contributed by atoms with Crippen molar-refractivity contribution < 1.29 is 9.59 Å². The molecule has 23 heavy (non-hydrogen) atoms. The van der Waals surface area contributed by atoms with Crippen molar-refractivity contribution in [1.29, 1.82) is 0 Å². The van der Waals surface area contributed by atoms with Crippen LogP contribution in [0.25, 0.3) is 0 Å². The highest BCUT2D eigenvalue weighted by Crippen LogP contribution is 2.49.